The van der Waals surface area contributed by atoms with E-state index in [0.29, 0.717) is 18.4 Å². The summed E-state index contributed by atoms with van der Waals surface area (Å²) in [6, 6.07) is 10.7. The molecular weight excluding hydrogens is 338 g/mol. The van der Waals surface area contributed by atoms with E-state index in [-0.39, 0.29) is 12.0 Å². The second-order valence-electron chi connectivity index (χ2n) is 8.60. The van der Waals surface area contributed by atoms with Crippen LogP contribution in [0.5, 0.6) is 0 Å². The van der Waals surface area contributed by atoms with E-state index >= 15 is 0 Å². The Morgan fingerprint density at radius 1 is 1.19 bits per heavy atom. The molecule has 5 nitrogen and oxygen atoms in total. The Morgan fingerprint density at radius 2 is 2.04 bits per heavy atom. The van der Waals surface area contributed by atoms with Crippen LogP contribution in [0.2, 0.25) is 0 Å². The van der Waals surface area contributed by atoms with Crippen LogP contribution in [0.15, 0.2) is 30.3 Å². The van der Waals surface area contributed by atoms with Gasteiger partial charge in [-0.1, -0.05) is 18.2 Å². The molecule has 1 aromatic carbocycles. The van der Waals surface area contributed by atoms with Gasteiger partial charge < -0.3 is 14.9 Å². The first kappa shape index (κ1) is 17.0. The van der Waals surface area contributed by atoms with Crippen molar-refractivity contribution in [2.24, 2.45) is 5.41 Å². The summed E-state index contributed by atoms with van der Waals surface area (Å²) < 4.78 is 0. The highest BCUT2D eigenvalue weighted by molar-refractivity contribution is 5.82. The molecule has 27 heavy (non-hydrogen) atoms. The molecule has 2 aromatic rings. The van der Waals surface area contributed by atoms with Crippen LogP contribution in [0.3, 0.4) is 0 Å². The molecule has 3 aliphatic rings. The van der Waals surface area contributed by atoms with Gasteiger partial charge in [0.1, 0.15) is 5.82 Å². The molecular formula is C22H27N3O2. The summed E-state index contributed by atoms with van der Waals surface area (Å²) in [6.07, 6.45) is 6.31. The van der Waals surface area contributed by atoms with Crippen molar-refractivity contribution in [1.29, 1.82) is 0 Å². The van der Waals surface area contributed by atoms with E-state index in [0.717, 1.165) is 54.8 Å². The zero-order valence-corrected chi connectivity index (χ0v) is 15.7. The lowest BCUT2D eigenvalue weighted by atomic mass is 9.73. The lowest BCUT2D eigenvalue weighted by Crippen LogP contribution is -2.54. The van der Waals surface area contributed by atoms with Gasteiger partial charge >= 0.3 is 0 Å². The molecule has 1 saturated carbocycles. The number of carbonyl (C=O) groups is 1. The molecule has 2 aliphatic heterocycles. The van der Waals surface area contributed by atoms with Crippen LogP contribution in [-0.2, 0) is 11.4 Å². The number of amides is 1. The van der Waals surface area contributed by atoms with Gasteiger partial charge in [-0.3, -0.25) is 4.79 Å². The number of aromatic nitrogens is 1. The van der Waals surface area contributed by atoms with Crippen LogP contribution in [-0.4, -0.2) is 46.6 Å². The van der Waals surface area contributed by atoms with Gasteiger partial charge in [-0.25, -0.2) is 4.98 Å². The molecule has 1 unspecified atom stereocenters. The number of aliphatic hydroxyl groups is 1. The van der Waals surface area contributed by atoms with Crippen molar-refractivity contribution in [1.82, 2.24) is 9.88 Å². The molecule has 3 fully saturated rings. The molecule has 5 heteroatoms. The van der Waals surface area contributed by atoms with Crippen LogP contribution in [0.4, 0.5) is 5.82 Å². The highest BCUT2D eigenvalue weighted by Gasteiger charge is 2.46. The van der Waals surface area contributed by atoms with Gasteiger partial charge in [0, 0.05) is 48.5 Å². The number of anilines is 1. The van der Waals surface area contributed by atoms with Crippen molar-refractivity contribution in [3.05, 3.63) is 35.9 Å². The van der Waals surface area contributed by atoms with Crippen molar-refractivity contribution >= 4 is 22.6 Å². The summed E-state index contributed by atoms with van der Waals surface area (Å²) in [7, 11) is 0. The van der Waals surface area contributed by atoms with Crippen LogP contribution in [0, 0.1) is 5.41 Å². The number of pyridine rings is 1. The lowest BCUT2D eigenvalue weighted by molar-refractivity contribution is -0.138. The zero-order valence-electron chi connectivity index (χ0n) is 15.7. The molecule has 0 radical (unpaired) electrons. The molecule has 0 bridgehead atoms. The maximum Gasteiger partial charge on any atom is 0.222 e. The molecule has 3 heterocycles. The fourth-order valence-corrected chi connectivity index (χ4v) is 5.02. The van der Waals surface area contributed by atoms with Crippen molar-refractivity contribution in [3.8, 4) is 0 Å². The Kier molecular flexibility index (Phi) is 4.08. The van der Waals surface area contributed by atoms with Crippen molar-refractivity contribution < 1.29 is 9.90 Å². The molecule has 1 amide bonds. The van der Waals surface area contributed by atoms with Gasteiger partial charge in [-0.05, 0) is 44.2 Å². The molecule has 1 N–H and O–H groups in total. The zero-order chi connectivity index (χ0) is 18.4. The summed E-state index contributed by atoms with van der Waals surface area (Å²) in [6.45, 7) is 2.80. The predicted octanol–water partition coefficient (Wildman–Crippen LogP) is 3.10. The maximum atomic E-state index is 12.4. The minimum absolute atomic E-state index is 0.00333. The number of hydrogen-bond acceptors (Lipinski definition) is 4. The fourth-order valence-electron chi connectivity index (χ4n) is 5.02. The Hall–Kier alpha value is -2.14. The first-order valence-electron chi connectivity index (χ1n) is 10.2. The molecule has 1 atom stereocenters. The van der Waals surface area contributed by atoms with Gasteiger partial charge in [-0.15, -0.1) is 0 Å². The summed E-state index contributed by atoms with van der Waals surface area (Å²) in [5.74, 6) is 1.27. The topological polar surface area (TPSA) is 56.7 Å². The highest BCUT2D eigenvalue weighted by Crippen LogP contribution is 2.43. The smallest absolute Gasteiger partial charge is 0.222 e. The Morgan fingerprint density at radius 3 is 2.85 bits per heavy atom. The van der Waals surface area contributed by atoms with Gasteiger partial charge in [0.2, 0.25) is 5.91 Å². The first-order chi connectivity index (χ1) is 13.2. The van der Waals surface area contributed by atoms with Gasteiger partial charge in [0.25, 0.3) is 0 Å². The van der Waals surface area contributed by atoms with Crippen LogP contribution >= 0.6 is 0 Å². The average molecular weight is 365 g/mol. The second kappa shape index (κ2) is 6.48. The summed E-state index contributed by atoms with van der Waals surface area (Å²) >= 11 is 0. The van der Waals surface area contributed by atoms with Crippen molar-refractivity contribution in [3.63, 3.8) is 0 Å². The molecule has 1 aromatic heterocycles. The number of fused-ring (bicyclic) bond motifs is 1. The normalized spacial score (nSPS) is 26.2. The standard InChI is InChI=1S/C22H27N3O2/c26-13-17-12-16-4-1-2-5-19(16)23-21(17)24-11-3-9-22(14-24)10-8-20(27)25(15-22)18-6-7-18/h1-2,4-5,12,18,26H,3,6-11,13-15H2. The van der Waals surface area contributed by atoms with Crippen LogP contribution in [0.1, 0.15) is 44.1 Å². The molecule has 1 aliphatic carbocycles. The summed E-state index contributed by atoms with van der Waals surface area (Å²) in [5, 5.41) is 11.0. The molecule has 142 valence electrons. The Balaban J connectivity index is 1.45. The SMILES string of the molecule is O=C1CCC2(CCCN(c3nc4ccccc4cc3CO)C2)CN1C1CC1. The first-order valence-corrected chi connectivity index (χ1v) is 10.2. The number of likely N-dealkylation sites (tertiary alicyclic amines) is 1. The third kappa shape index (κ3) is 3.08. The van der Waals surface area contributed by atoms with E-state index in [9.17, 15) is 9.90 Å². The molecule has 1 spiro atoms. The van der Waals surface area contributed by atoms with E-state index in [4.69, 9.17) is 4.98 Å². The molecule has 5 rings (SSSR count). The lowest BCUT2D eigenvalue weighted by Gasteiger charge is -2.49. The fraction of sp³-hybridized carbons (Fsp3) is 0.545. The molecule has 2 saturated heterocycles. The minimum atomic E-state index is 0.00333. The quantitative estimate of drug-likeness (QED) is 0.908. The number of aliphatic hydroxyl groups excluding tert-OH is 1. The Bertz CT molecular complexity index is 879. The highest BCUT2D eigenvalue weighted by atomic mass is 16.3. The van der Waals surface area contributed by atoms with E-state index in [2.05, 4.69) is 15.9 Å². The predicted molar refractivity (Wildman–Crippen MR) is 106 cm³/mol. The third-order valence-corrected chi connectivity index (χ3v) is 6.59. The third-order valence-electron chi connectivity index (χ3n) is 6.59. The van der Waals surface area contributed by atoms with Gasteiger partial charge in [0.05, 0.1) is 12.1 Å². The van der Waals surface area contributed by atoms with E-state index in [1.807, 2.05) is 24.3 Å². The number of hydrogen-bond donors (Lipinski definition) is 1. The average Bonchev–Trinajstić information content (AvgIpc) is 3.54. The van der Waals surface area contributed by atoms with Crippen molar-refractivity contribution in [2.45, 2.75) is 51.2 Å². The minimum Gasteiger partial charge on any atom is -0.392 e. The van der Waals surface area contributed by atoms with E-state index in [1.165, 1.54) is 19.3 Å². The number of para-hydroxylation sites is 1. The van der Waals surface area contributed by atoms with E-state index in [1.54, 1.807) is 0 Å². The maximum absolute atomic E-state index is 12.4. The van der Waals surface area contributed by atoms with Crippen molar-refractivity contribution in [2.75, 3.05) is 24.5 Å². The largest absolute Gasteiger partial charge is 0.392 e. The number of rotatable bonds is 3. The van der Waals surface area contributed by atoms with E-state index < -0.39 is 0 Å². The Labute approximate surface area is 160 Å². The van der Waals surface area contributed by atoms with Gasteiger partial charge in [-0.2, -0.15) is 0 Å². The summed E-state index contributed by atoms with van der Waals surface area (Å²) in [5.41, 5.74) is 2.05. The number of carbonyl (C=O) groups excluding carboxylic acids is 1. The monoisotopic (exact) mass is 365 g/mol. The van der Waals surface area contributed by atoms with Crippen LogP contribution < -0.4 is 4.90 Å². The number of nitrogens with zero attached hydrogens (tertiary/aromatic N) is 3. The number of piperidine rings is 2. The number of benzene rings is 1. The second-order valence-corrected chi connectivity index (χ2v) is 8.60. The van der Waals surface area contributed by atoms with Crippen LogP contribution in [0.25, 0.3) is 10.9 Å². The summed E-state index contributed by atoms with van der Waals surface area (Å²) in [4.78, 5) is 21.8. The van der Waals surface area contributed by atoms with Gasteiger partial charge in [0.15, 0.2) is 0 Å².